The second-order valence-corrected chi connectivity index (χ2v) is 9.64. The smallest absolute Gasteiger partial charge is 0.250 e. The fourth-order valence-electron chi connectivity index (χ4n) is 4.31. The molecule has 2 rings (SSSR count). The molecule has 1 aromatic rings. The Labute approximate surface area is 196 Å². The van der Waals surface area contributed by atoms with Crippen molar-refractivity contribution in [3.05, 3.63) is 47.1 Å². The molecule has 7 atom stereocenters. The number of allylic oxidation sites excluding steroid dienone is 1. The van der Waals surface area contributed by atoms with E-state index in [0.717, 1.165) is 5.57 Å². The largest absolute Gasteiger partial charge is 0.508 e. The van der Waals surface area contributed by atoms with Gasteiger partial charge in [0.25, 0.3) is 5.91 Å². The van der Waals surface area contributed by atoms with Gasteiger partial charge < -0.3 is 30.8 Å². The second kappa shape index (κ2) is 11.8. The first kappa shape index (κ1) is 27.1. The van der Waals surface area contributed by atoms with E-state index in [-0.39, 0.29) is 24.0 Å². The van der Waals surface area contributed by atoms with E-state index in [0.29, 0.717) is 29.7 Å². The summed E-state index contributed by atoms with van der Waals surface area (Å²) in [5.41, 5.74) is 1.99. The molecular weight excluding hydrogens is 422 g/mol. The molecule has 6 N–H and O–H groups in total. The minimum atomic E-state index is -1.09. The lowest BCUT2D eigenvalue weighted by Crippen LogP contribution is -2.34. The third-order valence-corrected chi connectivity index (χ3v) is 6.59. The first-order chi connectivity index (χ1) is 15.4. The van der Waals surface area contributed by atoms with Crippen LogP contribution < -0.4 is 5.32 Å². The molecule has 0 aliphatic carbocycles. The standard InChI is InChI=1S/C26H39NO6/c1-14-7-6-8-15(2)26(33)27-20-11-19(12-21(28)13-20)24(31)18(5)10-22(29)25(32)17(4)9-16(3)23(14)30/h8-9,11-14,17-18,22-25,28-32H,6-7,10H2,1-5H3,(H,27,33). The molecule has 0 aromatic heterocycles. The molecule has 0 saturated heterocycles. The van der Waals surface area contributed by atoms with E-state index in [9.17, 15) is 30.3 Å². The van der Waals surface area contributed by atoms with Gasteiger partial charge in [-0.05, 0) is 68.2 Å². The van der Waals surface area contributed by atoms with Crippen molar-refractivity contribution in [2.45, 2.75) is 78.3 Å². The number of amides is 1. The number of fused-ring (bicyclic) bond motifs is 2. The van der Waals surface area contributed by atoms with Crippen molar-refractivity contribution in [3.8, 4) is 5.75 Å². The zero-order chi connectivity index (χ0) is 24.9. The highest BCUT2D eigenvalue weighted by Crippen LogP contribution is 2.32. The lowest BCUT2D eigenvalue weighted by Gasteiger charge is -2.28. The Hall–Kier alpha value is -2.19. The number of phenolic OH excluding ortho intramolecular Hbond substituents is 1. The van der Waals surface area contributed by atoms with Gasteiger partial charge in [-0.2, -0.15) is 0 Å². The predicted octanol–water partition coefficient (Wildman–Crippen LogP) is 3.43. The van der Waals surface area contributed by atoms with Gasteiger partial charge in [0.1, 0.15) is 5.75 Å². The normalized spacial score (nSPS) is 33.1. The zero-order valence-electron chi connectivity index (χ0n) is 20.2. The number of anilines is 1. The van der Waals surface area contributed by atoms with Gasteiger partial charge in [0.2, 0.25) is 0 Å². The van der Waals surface area contributed by atoms with Crippen molar-refractivity contribution >= 4 is 11.6 Å². The van der Waals surface area contributed by atoms with Crippen molar-refractivity contribution in [2.24, 2.45) is 17.8 Å². The molecule has 1 aliphatic rings. The van der Waals surface area contributed by atoms with Crippen LogP contribution in [0.5, 0.6) is 5.75 Å². The predicted molar refractivity (Wildman–Crippen MR) is 129 cm³/mol. The summed E-state index contributed by atoms with van der Waals surface area (Å²) in [6.07, 6.45) is 1.10. The molecule has 7 nitrogen and oxygen atoms in total. The SMILES string of the molecule is CC1=CCCC(C)C(O)C(C)=CC(C)C(O)C(O)CC(C)C(O)c2cc(O)cc(c2)NC1=O. The number of rotatable bonds is 0. The quantitative estimate of drug-likeness (QED) is 0.328. The molecule has 1 heterocycles. The Balaban J connectivity index is 2.39. The molecule has 0 fully saturated rings. The number of nitrogens with one attached hydrogen (secondary N) is 1. The highest BCUT2D eigenvalue weighted by molar-refractivity contribution is 6.03. The molecule has 0 saturated carbocycles. The number of carbonyl (C=O) groups is 1. The van der Waals surface area contributed by atoms with E-state index in [4.69, 9.17) is 0 Å². The van der Waals surface area contributed by atoms with Gasteiger partial charge in [0.05, 0.1) is 24.4 Å². The van der Waals surface area contributed by atoms with Crippen molar-refractivity contribution < 1.29 is 30.3 Å². The van der Waals surface area contributed by atoms with Crippen LogP contribution in [0, 0.1) is 17.8 Å². The van der Waals surface area contributed by atoms with Gasteiger partial charge in [0.15, 0.2) is 0 Å². The zero-order valence-corrected chi connectivity index (χ0v) is 20.2. The van der Waals surface area contributed by atoms with Crippen molar-refractivity contribution in [1.29, 1.82) is 0 Å². The van der Waals surface area contributed by atoms with Gasteiger partial charge in [-0.1, -0.05) is 32.9 Å². The van der Waals surface area contributed by atoms with Crippen LogP contribution in [0.3, 0.4) is 0 Å². The average Bonchev–Trinajstić information content (AvgIpc) is 2.75. The van der Waals surface area contributed by atoms with Crippen LogP contribution in [-0.4, -0.2) is 49.8 Å². The van der Waals surface area contributed by atoms with E-state index < -0.39 is 36.3 Å². The third kappa shape index (κ3) is 7.40. The molecule has 1 aromatic carbocycles. The highest BCUT2D eigenvalue weighted by Gasteiger charge is 2.28. The Kier molecular flexibility index (Phi) is 9.67. The molecule has 2 bridgehead atoms. The van der Waals surface area contributed by atoms with Crippen LogP contribution >= 0.6 is 0 Å². The monoisotopic (exact) mass is 461 g/mol. The molecule has 1 amide bonds. The maximum Gasteiger partial charge on any atom is 0.250 e. The topological polar surface area (TPSA) is 130 Å². The first-order valence-electron chi connectivity index (χ1n) is 11.6. The van der Waals surface area contributed by atoms with Gasteiger partial charge in [0, 0.05) is 23.2 Å². The maximum atomic E-state index is 12.6. The summed E-state index contributed by atoms with van der Waals surface area (Å²) < 4.78 is 0. The summed E-state index contributed by atoms with van der Waals surface area (Å²) in [5.74, 6) is -1.31. The fraction of sp³-hybridized carbons (Fsp3) is 0.577. The highest BCUT2D eigenvalue weighted by atomic mass is 16.3. The van der Waals surface area contributed by atoms with E-state index in [1.165, 1.54) is 12.1 Å². The Bertz CT molecular complexity index is 880. The third-order valence-electron chi connectivity index (χ3n) is 6.59. The second-order valence-electron chi connectivity index (χ2n) is 9.64. The molecule has 0 spiro atoms. The molecule has 1 aliphatic heterocycles. The van der Waals surface area contributed by atoms with Crippen LogP contribution in [-0.2, 0) is 4.79 Å². The first-order valence-corrected chi connectivity index (χ1v) is 11.6. The summed E-state index contributed by atoms with van der Waals surface area (Å²) >= 11 is 0. The van der Waals surface area contributed by atoms with Crippen LogP contribution in [0.2, 0.25) is 0 Å². The number of hydrogen-bond donors (Lipinski definition) is 6. The number of carbonyl (C=O) groups excluding carboxylic acids is 1. The number of aliphatic hydroxyl groups is 4. The Morgan fingerprint density at radius 3 is 2.27 bits per heavy atom. The van der Waals surface area contributed by atoms with Crippen molar-refractivity contribution in [3.63, 3.8) is 0 Å². The number of aromatic hydroxyl groups is 1. The summed E-state index contributed by atoms with van der Waals surface area (Å²) in [4.78, 5) is 12.6. The van der Waals surface area contributed by atoms with Crippen LogP contribution in [0.1, 0.15) is 65.5 Å². The lowest BCUT2D eigenvalue weighted by molar-refractivity contribution is -0.112. The lowest BCUT2D eigenvalue weighted by atomic mass is 9.86. The van der Waals surface area contributed by atoms with Crippen LogP contribution in [0.4, 0.5) is 5.69 Å². The van der Waals surface area contributed by atoms with Crippen LogP contribution in [0.25, 0.3) is 0 Å². The average molecular weight is 462 g/mol. The number of benzene rings is 1. The summed E-state index contributed by atoms with van der Waals surface area (Å²) in [6.45, 7) is 8.97. The molecule has 184 valence electrons. The van der Waals surface area contributed by atoms with Gasteiger partial charge in [-0.25, -0.2) is 0 Å². The number of hydrogen-bond acceptors (Lipinski definition) is 6. The van der Waals surface area contributed by atoms with Crippen molar-refractivity contribution in [1.82, 2.24) is 0 Å². The summed E-state index contributed by atoms with van der Waals surface area (Å²) in [6, 6.07) is 4.42. The summed E-state index contributed by atoms with van der Waals surface area (Å²) in [5, 5.41) is 55.6. The molecule has 7 unspecified atom stereocenters. The Morgan fingerprint density at radius 2 is 1.61 bits per heavy atom. The van der Waals surface area contributed by atoms with Crippen molar-refractivity contribution in [2.75, 3.05) is 5.32 Å². The number of phenols is 1. The maximum absolute atomic E-state index is 12.6. The minimum absolute atomic E-state index is 0.0616. The van der Waals surface area contributed by atoms with Gasteiger partial charge in [-0.3, -0.25) is 4.79 Å². The van der Waals surface area contributed by atoms with E-state index >= 15 is 0 Å². The van der Waals surface area contributed by atoms with E-state index in [1.807, 2.05) is 13.0 Å². The van der Waals surface area contributed by atoms with E-state index in [2.05, 4.69) is 5.32 Å². The van der Waals surface area contributed by atoms with Crippen LogP contribution in [0.15, 0.2) is 41.5 Å². The minimum Gasteiger partial charge on any atom is -0.508 e. The molecule has 33 heavy (non-hydrogen) atoms. The van der Waals surface area contributed by atoms with Gasteiger partial charge in [-0.15, -0.1) is 0 Å². The fourth-order valence-corrected chi connectivity index (χ4v) is 4.31. The molecule has 7 heteroatoms. The van der Waals surface area contributed by atoms with E-state index in [1.54, 1.807) is 39.8 Å². The number of aliphatic hydroxyl groups excluding tert-OH is 4. The van der Waals surface area contributed by atoms with Gasteiger partial charge >= 0.3 is 0 Å². The summed E-state index contributed by atoms with van der Waals surface area (Å²) in [7, 11) is 0. The Morgan fingerprint density at radius 1 is 0.939 bits per heavy atom. The molecule has 0 radical (unpaired) electrons. The molecular formula is C26H39NO6.